The summed E-state index contributed by atoms with van der Waals surface area (Å²) < 4.78 is 5.37. The van der Waals surface area contributed by atoms with Crippen molar-refractivity contribution in [3.05, 3.63) is 41.5 Å². The zero-order valence-corrected chi connectivity index (χ0v) is 8.86. The van der Waals surface area contributed by atoms with Gasteiger partial charge in [-0.05, 0) is 43.2 Å². The maximum Gasteiger partial charge on any atom is 0.328 e. The first-order valence-corrected chi connectivity index (χ1v) is 4.68. The minimum Gasteiger partial charge on any atom is -0.490 e. The second-order valence-electron chi connectivity index (χ2n) is 3.38. The third-order valence-corrected chi connectivity index (χ3v) is 1.80. The quantitative estimate of drug-likeness (QED) is 0.769. The molecule has 0 spiro atoms. The van der Waals surface area contributed by atoms with Gasteiger partial charge in [0.05, 0.1) is 0 Å². The molecule has 80 valence electrons. The van der Waals surface area contributed by atoms with Crippen molar-refractivity contribution in [1.82, 2.24) is 0 Å². The molecule has 0 radical (unpaired) electrons. The number of aryl methyl sites for hydroxylation is 2. The Morgan fingerprint density at radius 2 is 1.93 bits per heavy atom. The smallest absolute Gasteiger partial charge is 0.328 e. The van der Waals surface area contributed by atoms with E-state index in [0.29, 0.717) is 0 Å². The molecule has 1 aromatic carbocycles. The fraction of sp³-hybridized carbons (Fsp3) is 0.250. The SMILES string of the molecule is Cc1cc(C)cc(OCC=CC(=O)O)c1. The van der Waals surface area contributed by atoms with E-state index in [1.807, 2.05) is 26.0 Å². The van der Waals surface area contributed by atoms with Crippen LogP contribution in [-0.4, -0.2) is 17.7 Å². The van der Waals surface area contributed by atoms with Gasteiger partial charge in [0, 0.05) is 6.08 Å². The van der Waals surface area contributed by atoms with Crippen molar-refractivity contribution in [3.63, 3.8) is 0 Å². The lowest BCUT2D eigenvalue weighted by Gasteiger charge is -2.05. The molecule has 0 amide bonds. The monoisotopic (exact) mass is 206 g/mol. The molecule has 0 saturated carbocycles. The fourth-order valence-corrected chi connectivity index (χ4v) is 1.31. The van der Waals surface area contributed by atoms with Gasteiger partial charge in [-0.25, -0.2) is 4.79 Å². The summed E-state index contributed by atoms with van der Waals surface area (Å²) >= 11 is 0. The van der Waals surface area contributed by atoms with Crippen molar-refractivity contribution >= 4 is 5.97 Å². The number of carboxylic acid groups (broad SMARTS) is 1. The Labute approximate surface area is 89.0 Å². The number of carboxylic acids is 1. The summed E-state index contributed by atoms with van der Waals surface area (Å²) in [5, 5.41) is 8.36. The number of hydrogen-bond donors (Lipinski definition) is 1. The molecule has 0 atom stereocenters. The van der Waals surface area contributed by atoms with Gasteiger partial charge in [0.1, 0.15) is 12.4 Å². The first-order valence-electron chi connectivity index (χ1n) is 4.68. The third-order valence-electron chi connectivity index (χ3n) is 1.80. The molecule has 0 aliphatic carbocycles. The van der Waals surface area contributed by atoms with E-state index in [9.17, 15) is 4.79 Å². The van der Waals surface area contributed by atoms with Crippen molar-refractivity contribution < 1.29 is 14.6 Å². The Morgan fingerprint density at radius 1 is 1.33 bits per heavy atom. The Morgan fingerprint density at radius 3 is 2.47 bits per heavy atom. The van der Waals surface area contributed by atoms with Crippen LogP contribution in [0.3, 0.4) is 0 Å². The number of carbonyl (C=O) groups is 1. The average molecular weight is 206 g/mol. The van der Waals surface area contributed by atoms with Gasteiger partial charge in [0.2, 0.25) is 0 Å². The summed E-state index contributed by atoms with van der Waals surface area (Å²) in [6, 6.07) is 5.89. The van der Waals surface area contributed by atoms with E-state index in [1.165, 1.54) is 6.08 Å². The molecule has 1 aromatic rings. The third kappa shape index (κ3) is 4.31. The fourth-order valence-electron chi connectivity index (χ4n) is 1.31. The van der Waals surface area contributed by atoms with Gasteiger partial charge in [0.15, 0.2) is 0 Å². The van der Waals surface area contributed by atoms with Crippen LogP contribution in [0.2, 0.25) is 0 Å². The second-order valence-corrected chi connectivity index (χ2v) is 3.38. The lowest BCUT2D eigenvalue weighted by Crippen LogP contribution is -1.96. The van der Waals surface area contributed by atoms with Crippen molar-refractivity contribution in [3.8, 4) is 5.75 Å². The van der Waals surface area contributed by atoms with Gasteiger partial charge in [0.25, 0.3) is 0 Å². The normalized spacial score (nSPS) is 10.5. The van der Waals surface area contributed by atoms with Crippen molar-refractivity contribution in [2.75, 3.05) is 6.61 Å². The molecule has 1 rings (SSSR count). The molecule has 0 bridgehead atoms. The van der Waals surface area contributed by atoms with Crippen molar-refractivity contribution in [1.29, 1.82) is 0 Å². The van der Waals surface area contributed by atoms with Gasteiger partial charge in [-0.15, -0.1) is 0 Å². The van der Waals surface area contributed by atoms with Gasteiger partial charge in [-0.3, -0.25) is 0 Å². The van der Waals surface area contributed by atoms with E-state index in [4.69, 9.17) is 9.84 Å². The number of hydrogen-bond acceptors (Lipinski definition) is 2. The van der Waals surface area contributed by atoms with E-state index in [-0.39, 0.29) is 6.61 Å². The van der Waals surface area contributed by atoms with Gasteiger partial charge < -0.3 is 9.84 Å². The maximum atomic E-state index is 10.2. The molecule has 0 aliphatic heterocycles. The molecule has 0 heterocycles. The molecule has 0 aromatic heterocycles. The highest BCUT2D eigenvalue weighted by Gasteiger charge is 1.95. The minimum atomic E-state index is -0.959. The standard InChI is InChI=1S/C12H14O3/c1-9-6-10(2)8-11(7-9)15-5-3-4-12(13)14/h3-4,6-8H,5H2,1-2H3,(H,13,14). The van der Waals surface area contributed by atoms with E-state index >= 15 is 0 Å². The Kier molecular flexibility index (Phi) is 3.92. The first kappa shape index (κ1) is 11.3. The van der Waals surface area contributed by atoms with Crippen LogP contribution >= 0.6 is 0 Å². The molecular formula is C12H14O3. The highest BCUT2D eigenvalue weighted by Crippen LogP contribution is 2.15. The molecule has 0 fully saturated rings. The summed E-state index contributed by atoms with van der Waals surface area (Å²) in [5.41, 5.74) is 2.26. The summed E-state index contributed by atoms with van der Waals surface area (Å²) in [5.74, 6) is -0.193. The van der Waals surface area contributed by atoms with Crippen LogP contribution in [0.25, 0.3) is 0 Å². The molecule has 3 nitrogen and oxygen atoms in total. The lowest BCUT2D eigenvalue weighted by molar-refractivity contribution is -0.131. The lowest BCUT2D eigenvalue weighted by atomic mass is 10.1. The molecule has 15 heavy (non-hydrogen) atoms. The van der Waals surface area contributed by atoms with Crippen molar-refractivity contribution in [2.45, 2.75) is 13.8 Å². The second kappa shape index (κ2) is 5.20. The Hall–Kier alpha value is -1.77. The van der Waals surface area contributed by atoms with Crippen LogP contribution in [0.4, 0.5) is 0 Å². The van der Waals surface area contributed by atoms with Crippen LogP contribution in [-0.2, 0) is 4.79 Å². The van der Waals surface area contributed by atoms with E-state index in [1.54, 1.807) is 0 Å². The van der Waals surface area contributed by atoms with E-state index < -0.39 is 5.97 Å². The highest BCUT2D eigenvalue weighted by molar-refractivity contribution is 5.79. The topological polar surface area (TPSA) is 46.5 Å². The van der Waals surface area contributed by atoms with Crippen LogP contribution in [0.15, 0.2) is 30.4 Å². The molecule has 0 aliphatic rings. The van der Waals surface area contributed by atoms with Gasteiger partial charge >= 0.3 is 5.97 Å². The highest BCUT2D eigenvalue weighted by atomic mass is 16.5. The summed E-state index contributed by atoms with van der Waals surface area (Å²) in [6.45, 7) is 4.26. The predicted octanol–water partition coefficient (Wildman–Crippen LogP) is 2.32. The molecular weight excluding hydrogens is 192 g/mol. The summed E-state index contributed by atoms with van der Waals surface area (Å²) in [4.78, 5) is 10.2. The van der Waals surface area contributed by atoms with E-state index in [0.717, 1.165) is 23.0 Å². The largest absolute Gasteiger partial charge is 0.490 e. The van der Waals surface area contributed by atoms with Crippen LogP contribution in [0.1, 0.15) is 11.1 Å². The zero-order valence-electron chi connectivity index (χ0n) is 8.86. The molecule has 0 saturated heterocycles. The molecule has 1 N–H and O–H groups in total. The number of ether oxygens (including phenoxy) is 1. The summed E-state index contributed by atoms with van der Waals surface area (Å²) in [6.07, 6.45) is 2.54. The van der Waals surface area contributed by atoms with Gasteiger partial charge in [-0.2, -0.15) is 0 Å². The molecule has 3 heteroatoms. The van der Waals surface area contributed by atoms with Crippen molar-refractivity contribution in [2.24, 2.45) is 0 Å². The Bertz CT molecular complexity index is 360. The zero-order chi connectivity index (χ0) is 11.3. The summed E-state index contributed by atoms with van der Waals surface area (Å²) in [7, 11) is 0. The Balaban J connectivity index is 2.54. The number of rotatable bonds is 4. The molecule has 0 unspecified atom stereocenters. The number of aliphatic carboxylic acids is 1. The van der Waals surface area contributed by atoms with E-state index in [2.05, 4.69) is 6.07 Å². The average Bonchev–Trinajstić information content (AvgIpc) is 2.10. The van der Waals surface area contributed by atoms with Crippen LogP contribution in [0, 0.1) is 13.8 Å². The number of benzene rings is 1. The minimum absolute atomic E-state index is 0.273. The first-order chi connectivity index (χ1) is 7.08. The van der Waals surface area contributed by atoms with Crippen LogP contribution < -0.4 is 4.74 Å². The maximum absolute atomic E-state index is 10.2. The predicted molar refractivity (Wildman–Crippen MR) is 58.2 cm³/mol. The van der Waals surface area contributed by atoms with Crippen LogP contribution in [0.5, 0.6) is 5.75 Å². The van der Waals surface area contributed by atoms with Gasteiger partial charge in [-0.1, -0.05) is 6.07 Å².